The lowest BCUT2D eigenvalue weighted by Crippen LogP contribution is -2.27. The van der Waals surface area contributed by atoms with Crippen LogP contribution >= 0.6 is 0 Å². The standard InChI is InChI=1S/C42H26O8/c43-37-29-15-7-9-17-31(29)39(45)35(33(37)27-11-3-1-4-12-27)41(47)49-23-25-19-21-26(22-20-25)24-50-42(48)36-34(28-13-5-2-6-14-28)38(44)30-16-8-10-18-32(30)40(36)46/h1-22H,23-24H2. The van der Waals surface area contributed by atoms with Crippen LogP contribution in [-0.2, 0) is 32.3 Å². The highest BCUT2D eigenvalue weighted by molar-refractivity contribution is 6.47. The molecule has 5 aromatic carbocycles. The van der Waals surface area contributed by atoms with Crippen molar-refractivity contribution in [1.29, 1.82) is 0 Å². The Kier molecular flexibility index (Phi) is 8.50. The van der Waals surface area contributed by atoms with Gasteiger partial charge in [0.05, 0.1) is 0 Å². The second-order valence-electron chi connectivity index (χ2n) is 11.6. The molecule has 0 N–H and O–H groups in total. The smallest absolute Gasteiger partial charge is 0.343 e. The molecule has 0 saturated heterocycles. The maximum absolute atomic E-state index is 13.5. The highest BCUT2D eigenvalue weighted by atomic mass is 16.5. The van der Waals surface area contributed by atoms with Gasteiger partial charge in [0, 0.05) is 33.4 Å². The Morgan fingerprint density at radius 1 is 0.380 bits per heavy atom. The van der Waals surface area contributed by atoms with Crippen molar-refractivity contribution in [2.75, 3.05) is 0 Å². The van der Waals surface area contributed by atoms with Gasteiger partial charge in [-0.15, -0.1) is 0 Å². The van der Waals surface area contributed by atoms with Crippen LogP contribution in [0.5, 0.6) is 0 Å². The normalized spacial score (nSPS) is 13.9. The molecule has 2 aliphatic rings. The van der Waals surface area contributed by atoms with Crippen molar-refractivity contribution in [2.45, 2.75) is 13.2 Å². The Balaban J connectivity index is 1.07. The molecule has 0 aliphatic heterocycles. The van der Waals surface area contributed by atoms with E-state index in [-0.39, 0.29) is 57.8 Å². The summed E-state index contributed by atoms with van der Waals surface area (Å²) in [7, 11) is 0. The van der Waals surface area contributed by atoms with Gasteiger partial charge < -0.3 is 9.47 Å². The summed E-state index contributed by atoms with van der Waals surface area (Å²) in [5.74, 6) is -3.91. The molecule has 242 valence electrons. The Morgan fingerprint density at radius 2 is 0.680 bits per heavy atom. The third-order valence-electron chi connectivity index (χ3n) is 8.54. The van der Waals surface area contributed by atoms with Gasteiger partial charge in [0.2, 0.25) is 11.6 Å². The van der Waals surface area contributed by atoms with Crippen LogP contribution < -0.4 is 0 Å². The zero-order valence-electron chi connectivity index (χ0n) is 26.4. The molecule has 8 nitrogen and oxygen atoms in total. The third-order valence-corrected chi connectivity index (χ3v) is 8.54. The topological polar surface area (TPSA) is 121 Å². The van der Waals surface area contributed by atoms with Gasteiger partial charge in [-0.25, -0.2) is 9.59 Å². The van der Waals surface area contributed by atoms with Gasteiger partial charge in [-0.2, -0.15) is 0 Å². The number of rotatable bonds is 8. The molecule has 0 amide bonds. The number of carbonyl (C=O) groups excluding carboxylic acids is 6. The first-order valence-electron chi connectivity index (χ1n) is 15.7. The van der Waals surface area contributed by atoms with Crippen LogP contribution in [0.25, 0.3) is 11.1 Å². The number of ether oxygens (including phenoxy) is 2. The summed E-state index contributed by atoms with van der Waals surface area (Å²) in [4.78, 5) is 80.8. The molecule has 0 aromatic heterocycles. The first kappa shape index (κ1) is 31.8. The fourth-order valence-electron chi connectivity index (χ4n) is 6.07. The highest BCUT2D eigenvalue weighted by Crippen LogP contribution is 2.35. The minimum atomic E-state index is -0.925. The number of allylic oxidation sites excluding steroid dienone is 2. The first-order valence-corrected chi connectivity index (χ1v) is 15.7. The predicted octanol–water partition coefficient (Wildman–Crippen LogP) is 6.84. The monoisotopic (exact) mass is 658 g/mol. The zero-order valence-corrected chi connectivity index (χ0v) is 26.4. The number of hydrogen-bond donors (Lipinski definition) is 0. The van der Waals surface area contributed by atoms with Crippen LogP contribution in [0.1, 0.15) is 63.7 Å². The number of ketones is 4. The lowest BCUT2D eigenvalue weighted by atomic mass is 9.81. The summed E-state index contributed by atoms with van der Waals surface area (Å²) in [6.07, 6.45) is 0. The number of hydrogen-bond acceptors (Lipinski definition) is 8. The van der Waals surface area contributed by atoms with E-state index in [9.17, 15) is 28.8 Å². The van der Waals surface area contributed by atoms with Crippen molar-refractivity contribution < 1.29 is 38.2 Å². The largest absolute Gasteiger partial charge is 0.457 e. The fourth-order valence-corrected chi connectivity index (χ4v) is 6.07. The molecular formula is C42H26O8. The van der Waals surface area contributed by atoms with Crippen molar-refractivity contribution in [3.8, 4) is 0 Å². The zero-order chi connectivity index (χ0) is 34.8. The van der Waals surface area contributed by atoms with Crippen LogP contribution in [0, 0.1) is 0 Å². The van der Waals surface area contributed by atoms with Gasteiger partial charge in [-0.3, -0.25) is 19.2 Å². The summed E-state index contributed by atoms with van der Waals surface area (Å²) in [6, 6.07) is 36.4. The molecule has 7 rings (SSSR count). The average Bonchev–Trinajstić information content (AvgIpc) is 3.16. The van der Waals surface area contributed by atoms with Crippen LogP contribution in [0.3, 0.4) is 0 Å². The van der Waals surface area contributed by atoms with Crippen LogP contribution in [-0.4, -0.2) is 35.1 Å². The van der Waals surface area contributed by atoms with Crippen molar-refractivity contribution in [2.24, 2.45) is 0 Å². The molecular weight excluding hydrogens is 632 g/mol. The Hall–Kier alpha value is -6.80. The number of esters is 2. The van der Waals surface area contributed by atoms with E-state index >= 15 is 0 Å². The van der Waals surface area contributed by atoms with E-state index in [1.165, 1.54) is 12.1 Å². The number of carbonyl (C=O) groups is 6. The molecule has 0 bridgehead atoms. The number of Topliss-reactive ketones (excluding diaryl/α,β-unsaturated/α-hetero) is 4. The second-order valence-corrected chi connectivity index (χ2v) is 11.6. The second kappa shape index (κ2) is 13.4. The summed E-state index contributed by atoms with van der Waals surface area (Å²) in [6.45, 7) is -0.395. The van der Waals surface area contributed by atoms with Gasteiger partial charge in [-0.1, -0.05) is 133 Å². The van der Waals surface area contributed by atoms with Gasteiger partial charge >= 0.3 is 11.9 Å². The Labute approximate surface area is 286 Å². The van der Waals surface area contributed by atoms with Crippen LogP contribution in [0.4, 0.5) is 0 Å². The predicted molar refractivity (Wildman–Crippen MR) is 183 cm³/mol. The molecule has 0 atom stereocenters. The molecule has 50 heavy (non-hydrogen) atoms. The van der Waals surface area contributed by atoms with E-state index in [1.54, 1.807) is 121 Å². The SMILES string of the molecule is O=C(OCc1ccc(COC(=O)C2=C(c3ccccc3)C(=O)c3ccccc3C2=O)cc1)C1=C(c2ccccc2)C(=O)c2ccccc2C1=O. The molecule has 0 radical (unpaired) electrons. The summed E-state index contributed by atoms with van der Waals surface area (Å²) < 4.78 is 11.1. The number of benzene rings is 5. The number of fused-ring (bicyclic) bond motifs is 2. The van der Waals surface area contributed by atoms with Crippen LogP contribution in [0.15, 0.2) is 145 Å². The maximum atomic E-state index is 13.5. The van der Waals surface area contributed by atoms with Crippen molar-refractivity contribution in [1.82, 2.24) is 0 Å². The summed E-state index contributed by atoms with van der Waals surface area (Å²) in [5, 5.41) is 0. The van der Waals surface area contributed by atoms with E-state index in [0.717, 1.165) is 0 Å². The van der Waals surface area contributed by atoms with Crippen LogP contribution in [0.2, 0.25) is 0 Å². The Morgan fingerprint density at radius 3 is 1.02 bits per heavy atom. The molecule has 0 saturated carbocycles. The van der Waals surface area contributed by atoms with Gasteiger partial charge in [0.25, 0.3) is 0 Å². The molecule has 0 fully saturated rings. The quantitative estimate of drug-likeness (QED) is 0.131. The molecule has 0 spiro atoms. The van der Waals surface area contributed by atoms with Gasteiger partial charge in [0.1, 0.15) is 24.4 Å². The molecule has 0 heterocycles. The van der Waals surface area contributed by atoms with Crippen molar-refractivity contribution in [3.05, 3.63) is 189 Å². The van der Waals surface area contributed by atoms with Gasteiger partial charge in [-0.05, 0) is 22.3 Å². The lowest BCUT2D eigenvalue weighted by Gasteiger charge is -2.20. The highest BCUT2D eigenvalue weighted by Gasteiger charge is 2.38. The third kappa shape index (κ3) is 5.79. The minimum absolute atomic E-state index is 0.0105. The van der Waals surface area contributed by atoms with E-state index in [0.29, 0.717) is 22.3 Å². The minimum Gasteiger partial charge on any atom is -0.457 e. The first-order chi connectivity index (χ1) is 24.3. The molecule has 0 unspecified atom stereocenters. The van der Waals surface area contributed by atoms with Crippen molar-refractivity contribution in [3.63, 3.8) is 0 Å². The van der Waals surface area contributed by atoms with E-state index in [4.69, 9.17) is 9.47 Å². The molecule has 8 heteroatoms. The Bertz CT molecular complexity index is 2130. The molecule has 5 aromatic rings. The van der Waals surface area contributed by atoms with E-state index < -0.39 is 35.1 Å². The van der Waals surface area contributed by atoms with Gasteiger partial charge in [0.15, 0.2) is 11.6 Å². The van der Waals surface area contributed by atoms with E-state index in [2.05, 4.69) is 0 Å². The average molecular weight is 659 g/mol. The summed E-state index contributed by atoms with van der Waals surface area (Å²) >= 11 is 0. The molecule has 2 aliphatic carbocycles. The fraction of sp³-hybridized carbons (Fsp3) is 0.0476. The lowest BCUT2D eigenvalue weighted by molar-refractivity contribution is -0.140. The maximum Gasteiger partial charge on any atom is 0.343 e. The summed E-state index contributed by atoms with van der Waals surface area (Å²) in [5.41, 5.74) is 2.05. The van der Waals surface area contributed by atoms with E-state index in [1.807, 2.05) is 0 Å². The van der Waals surface area contributed by atoms with Crippen molar-refractivity contribution >= 4 is 46.2 Å².